The van der Waals surface area contributed by atoms with E-state index in [1.165, 1.54) is 6.42 Å². The molecular weight excluding hydrogens is 248 g/mol. The molecule has 0 saturated carbocycles. The first-order chi connectivity index (χ1) is 9.43. The highest BCUT2D eigenvalue weighted by Crippen LogP contribution is 2.01. The lowest BCUT2D eigenvalue weighted by atomic mass is 10.1. The number of rotatable bonds is 11. The van der Waals surface area contributed by atoms with Crippen molar-refractivity contribution in [2.45, 2.75) is 53.4 Å². The van der Waals surface area contributed by atoms with Crippen LogP contribution in [0, 0.1) is 11.8 Å². The maximum Gasteiger partial charge on any atom is 0.222 e. The summed E-state index contributed by atoms with van der Waals surface area (Å²) in [6.45, 7) is 13.9. The molecule has 0 fully saturated rings. The second-order valence-corrected chi connectivity index (χ2v) is 5.92. The summed E-state index contributed by atoms with van der Waals surface area (Å²) in [6, 6.07) is 0. The van der Waals surface area contributed by atoms with E-state index in [1.807, 2.05) is 19.9 Å². The molecule has 0 aliphatic heterocycles. The largest absolute Gasteiger partial charge is 0.386 e. The Morgan fingerprint density at radius 1 is 1.00 bits per heavy atom. The predicted molar refractivity (Wildman–Crippen MR) is 87.4 cm³/mol. The standard InChI is InChI=1S/C17H32N2O/c1-14(2)10-11-16(5)18-12-8-6-7-9-13-19-17(20)15(3)4/h10-11,14-15,18H,5-9,12-13H2,1-4H3,(H,19,20)/b11-10+. The van der Waals surface area contributed by atoms with Gasteiger partial charge in [0.1, 0.15) is 0 Å². The van der Waals surface area contributed by atoms with Gasteiger partial charge in [0.15, 0.2) is 0 Å². The second-order valence-electron chi connectivity index (χ2n) is 5.92. The van der Waals surface area contributed by atoms with E-state index in [0.29, 0.717) is 5.92 Å². The monoisotopic (exact) mass is 280 g/mol. The smallest absolute Gasteiger partial charge is 0.222 e. The highest BCUT2D eigenvalue weighted by Gasteiger charge is 2.04. The molecule has 0 radical (unpaired) electrons. The number of allylic oxidation sites excluding steroid dienone is 2. The summed E-state index contributed by atoms with van der Waals surface area (Å²) in [4.78, 5) is 11.3. The number of unbranched alkanes of at least 4 members (excludes halogenated alkanes) is 3. The average molecular weight is 280 g/mol. The molecule has 116 valence electrons. The first-order valence-corrected chi connectivity index (χ1v) is 7.82. The third-order valence-corrected chi connectivity index (χ3v) is 2.96. The van der Waals surface area contributed by atoms with Gasteiger partial charge >= 0.3 is 0 Å². The molecule has 0 aromatic carbocycles. The van der Waals surface area contributed by atoms with Crippen molar-refractivity contribution in [2.24, 2.45) is 11.8 Å². The van der Waals surface area contributed by atoms with E-state index in [2.05, 4.69) is 37.1 Å². The van der Waals surface area contributed by atoms with Crippen molar-refractivity contribution in [1.82, 2.24) is 10.6 Å². The fourth-order valence-electron chi connectivity index (χ4n) is 1.64. The normalized spacial score (nSPS) is 11.3. The minimum atomic E-state index is 0.0871. The van der Waals surface area contributed by atoms with Gasteiger partial charge in [0.05, 0.1) is 0 Å². The molecule has 0 saturated heterocycles. The van der Waals surface area contributed by atoms with Crippen LogP contribution in [0.4, 0.5) is 0 Å². The van der Waals surface area contributed by atoms with Crippen molar-refractivity contribution in [2.75, 3.05) is 13.1 Å². The molecule has 1 amide bonds. The zero-order chi connectivity index (χ0) is 15.4. The number of carbonyl (C=O) groups is 1. The van der Waals surface area contributed by atoms with Crippen LogP contribution < -0.4 is 10.6 Å². The Kier molecular flexibility index (Phi) is 10.8. The van der Waals surface area contributed by atoms with Crippen LogP contribution in [0.1, 0.15) is 53.4 Å². The van der Waals surface area contributed by atoms with Crippen LogP contribution in [0.15, 0.2) is 24.4 Å². The van der Waals surface area contributed by atoms with Crippen LogP contribution in [0.5, 0.6) is 0 Å². The van der Waals surface area contributed by atoms with Gasteiger partial charge in [-0.05, 0) is 24.8 Å². The topological polar surface area (TPSA) is 41.1 Å². The van der Waals surface area contributed by atoms with Crippen molar-refractivity contribution in [1.29, 1.82) is 0 Å². The molecule has 0 spiro atoms. The zero-order valence-corrected chi connectivity index (χ0v) is 13.7. The summed E-state index contributed by atoms with van der Waals surface area (Å²) in [6.07, 6.45) is 8.75. The van der Waals surface area contributed by atoms with Crippen LogP contribution in [-0.4, -0.2) is 19.0 Å². The predicted octanol–water partition coefficient (Wildman–Crippen LogP) is 3.63. The third-order valence-electron chi connectivity index (χ3n) is 2.96. The highest BCUT2D eigenvalue weighted by atomic mass is 16.1. The first kappa shape index (κ1) is 18.8. The van der Waals surface area contributed by atoms with Gasteiger partial charge in [-0.2, -0.15) is 0 Å². The Balaban J connectivity index is 3.37. The lowest BCUT2D eigenvalue weighted by Crippen LogP contribution is -2.28. The Hall–Kier alpha value is -1.25. The Morgan fingerprint density at radius 3 is 2.05 bits per heavy atom. The minimum absolute atomic E-state index is 0.0871. The number of hydrogen-bond donors (Lipinski definition) is 2. The summed E-state index contributed by atoms with van der Waals surface area (Å²) in [5.74, 6) is 0.804. The summed E-state index contributed by atoms with van der Waals surface area (Å²) >= 11 is 0. The van der Waals surface area contributed by atoms with E-state index >= 15 is 0 Å². The SMILES string of the molecule is C=C(/C=C/C(C)C)NCCCCCCNC(=O)C(C)C. The highest BCUT2D eigenvalue weighted by molar-refractivity contribution is 5.77. The van der Waals surface area contributed by atoms with Gasteiger partial charge in [0.25, 0.3) is 0 Å². The Bertz CT molecular complexity index is 306. The molecule has 0 atom stereocenters. The Morgan fingerprint density at radius 2 is 1.55 bits per heavy atom. The van der Waals surface area contributed by atoms with Crippen molar-refractivity contribution >= 4 is 5.91 Å². The number of carbonyl (C=O) groups excluding carboxylic acids is 1. The van der Waals surface area contributed by atoms with E-state index in [4.69, 9.17) is 0 Å². The molecular formula is C17H32N2O. The van der Waals surface area contributed by atoms with E-state index in [9.17, 15) is 4.79 Å². The first-order valence-electron chi connectivity index (χ1n) is 7.82. The van der Waals surface area contributed by atoms with Gasteiger partial charge < -0.3 is 10.6 Å². The van der Waals surface area contributed by atoms with Crippen molar-refractivity contribution in [3.63, 3.8) is 0 Å². The minimum Gasteiger partial charge on any atom is -0.386 e. The van der Waals surface area contributed by atoms with Gasteiger partial charge in [-0.3, -0.25) is 4.79 Å². The molecule has 0 heterocycles. The van der Waals surface area contributed by atoms with Gasteiger partial charge in [-0.25, -0.2) is 0 Å². The maximum absolute atomic E-state index is 11.3. The summed E-state index contributed by atoms with van der Waals surface area (Å²) < 4.78 is 0. The van der Waals surface area contributed by atoms with Crippen molar-refractivity contribution in [3.05, 3.63) is 24.4 Å². The summed E-state index contributed by atoms with van der Waals surface area (Å²) in [7, 11) is 0. The quantitative estimate of drug-likeness (QED) is 0.448. The van der Waals surface area contributed by atoms with E-state index in [1.54, 1.807) is 0 Å². The second kappa shape index (κ2) is 11.6. The Labute approximate surface area is 124 Å². The molecule has 2 N–H and O–H groups in total. The zero-order valence-electron chi connectivity index (χ0n) is 13.7. The lowest BCUT2D eigenvalue weighted by Gasteiger charge is -2.08. The molecule has 20 heavy (non-hydrogen) atoms. The van der Waals surface area contributed by atoms with Crippen molar-refractivity contribution < 1.29 is 4.79 Å². The van der Waals surface area contributed by atoms with Gasteiger partial charge in [-0.1, -0.05) is 53.2 Å². The molecule has 0 bridgehead atoms. The number of nitrogens with one attached hydrogen (secondary N) is 2. The van der Waals surface area contributed by atoms with Crippen LogP contribution in [-0.2, 0) is 4.79 Å². The van der Waals surface area contributed by atoms with E-state index in [-0.39, 0.29) is 11.8 Å². The molecule has 0 aromatic heterocycles. The molecule has 0 aliphatic carbocycles. The molecule has 0 aliphatic rings. The third kappa shape index (κ3) is 11.8. The van der Waals surface area contributed by atoms with E-state index in [0.717, 1.165) is 38.0 Å². The van der Waals surface area contributed by atoms with Gasteiger partial charge in [0, 0.05) is 24.7 Å². The number of hydrogen-bond acceptors (Lipinski definition) is 2. The van der Waals surface area contributed by atoms with Crippen LogP contribution in [0.25, 0.3) is 0 Å². The van der Waals surface area contributed by atoms with Crippen LogP contribution >= 0.6 is 0 Å². The van der Waals surface area contributed by atoms with Gasteiger partial charge in [-0.15, -0.1) is 0 Å². The fourth-order valence-corrected chi connectivity index (χ4v) is 1.64. The molecule has 3 nitrogen and oxygen atoms in total. The summed E-state index contributed by atoms with van der Waals surface area (Å²) in [5, 5.41) is 6.25. The number of amides is 1. The molecule has 3 heteroatoms. The summed E-state index contributed by atoms with van der Waals surface area (Å²) in [5.41, 5.74) is 0.989. The van der Waals surface area contributed by atoms with Gasteiger partial charge in [0.2, 0.25) is 5.91 Å². The van der Waals surface area contributed by atoms with E-state index < -0.39 is 0 Å². The van der Waals surface area contributed by atoms with Crippen molar-refractivity contribution in [3.8, 4) is 0 Å². The average Bonchev–Trinajstić information content (AvgIpc) is 2.38. The molecule has 0 aromatic rings. The molecule has 0 rings (SSSR count). The van der Waals surface area contributed by atoms with Crippen LogP contribution in [0.2, 0.25) is 0 Å². The lowest BCUT2D eigenvalue weighted by molar-refractivity contribution is -0.123. The fraction of sp³-hybridized carbons (Fsp3) is 0.706. The molecule has 0 unspecified atom stereocenters. The van der Waals surface area contributed by atoms with Crippen LogP contribution in [0.3, 0.4) is 0 Å². The maximum atomic E-state index is 11.3.